The Morgan fingerprint density at radius 1 is 1.39 bits per heavy atom. The van der Waals surface area contributed by atoms with Crippen LogP contribution in [0.1, 0.15) is 36.1 Å². The maximum absolute atomic E-state index is 12.7. The first kappa shape index (κ1) is 20.8. The summed E-state index contributed by atoms with van der Waals surface area (Å²) in [5, 5.41) is 12.5. The molecule has 1 N–H and O–H groups in total. The standard InChI is InChI=1S/C19H28N4O4S/c1-13-14(2)23(10-16-5-4-7-27-16)19(17(13)9-20)21-18(24)11-22(3)15-6-8-28(25,26)12-15/h15-16H,4-8,10-12H2,1-3H3,(H,21,24)/t15-,16+/m0/s1. The van der Waals surface area contributed by atoms with Gasteiger partial charge in [0.05, 0.1) is 36.3 Å². The van der Waals surface area contributed by atoms with E-state index in [-0.39, 0.29) is 36.1 Å². The smallest absolute Gasteiger partial charge is 0.239 e. The zero-order chi connectivity index (χ0) is 20.5. The molecule has 9 heteroatoms. The second kappa shape index (κ2) is 8.23. The SMILES string of the molecule is Cc1c(C#N)c(NC(=O)CN(C)[C@H]2CCS(=O)(=O)C2)n(C[C@H]2CCCO2)c1C. The maximum atomic E-state index is 12.7. The minimum Gasteiger partial charge on any atom is -0.376 e. The van der Waals surface area contributed by atoms with E-state index in [0.29, 0.717) is 24.3 Å². The van der Waals surface area contributed by atoms with Gasteiger partial charge in [-0.15, -0.1) is 0 Å². The number of aromatic nitrogens is 1. The number of hydrogen-bond acceptors (Lipinski definition) is 6. The number of likely N-dealkylation sites (N-methyl/N-ethyl adjacent to an activating group) is 1. The number of sulfone groups is 1. The number of amides is 1. The molecule has 8 nitrogen and oxygen atoms in total. The Kier molecular flexibility index (Phi) is 6.12. The highest BCUT2D eigenvalue weighted by molar-refractivity contribution is 7.91. The topological polar surface area (TPSA) is 104 Å². The van der Waals surface area contributed by atoms with Crippen molar-refractivity contribution in [2.45, 2.75) is 51.8 Å². The summed E-state index contributed by atoms with van der Waals surface area (Å²) in [6.45, 7) is 5.24. The van der Waals surface area contributed by atoms with Gasteiger partial charge >= 0.3 is 0 Å². The van der Waals surface area contributed by atoms with Crippen LogP contribution in [0.5, 0.6) is 0 Å². The van der Waals surface area contributed by atoms with E-state index in [0.717, 1.165) is 30.7 Å². The number of anilines is 1. The Morgan fingerprint density at radius 3 is 2.71 bits per heavy atom. The number of carbonyl (C=O) groups excluding carboxylic acids is 1. The highest BCUT2D eigenvalue weighted by Gasteiger charge is 2.31. The molecule has 1 amide bonds. The molecule has 2 fully saturated rings. The molecule has 0 unspecified atom stereocenters. The third-order valence-corrected chi connectivity index (χ3v) is 7.58. The summed E-state index contributed by atoms with van der Waals surface area (Å²) in [6, 6.07) is 2.06. The summed E-state index contributed by atoms with van der Waals surface area (Å²) >= 11 is 0. The van der Waals surface area contributed by atoms with Crippen LogP contribution in [0.2, 0.25) is 0 Å². The number of nitriles is 1. The summed E-state index contributed by atoms with van der Waals surface area (Å²) < 4.78 is 31.0. The van der Waals surface area contributed by atoms with E-state index < -0.39 is 9.84 Å². The summed E-state index contributed by atoms with van der Waals surface area (Å²) in [7, 11) is -1.24. The van der Waals surface area contributed by atoms with E-state index in [9.17, 15) is 18.5 Å². The van der Waals surface area contributed by atoms with Crippen molar-refractivity contribution in [2.75, 3.05) is 37.0 Å². The molecule has 2 saturated heterocycles. The predicted octanol–water partition coefficient (Wildman–Crippen LogP) is 1.21. The van der Waals surface area contributed by atoms with Crippen molar-refractivity contribution in [2.24, 2.45) is 0 Å². The Morgan fingerprint density at radius 2 is 2.14 bits per heavy atom. The van der Waals surface area contributed by atoms with Crippen molar-refractivity contribution in [3.05, 3.63) is 16.8 Å². The zero-order valence-corrected chi connectivity index (χ0v) is 17.5. The van der Waals surface area contributed by atoms with Crippen LogP contribution < -0.4 is 5.32 Å². The van der Waals surface area contributed by atoms with Gasteiger partial charge in [-0.1, -0.05) is 0 Å². The molecule has 1 aromatic heterocycles. The first-order chi connectivity index (χ1) is 13.2. The van der Waals surface area contributed by atoms with Crippen LogP contribution in [0.15, 0.2) is 0 Å². The summed E-state index contributed by atoms with van der Waals surface area (Å²) in [4.78, 5) is 14.4. The minimum atomic E-state index is -3.00. The van der Waals surface area contributed by atoms with Crippen LogP contribution in [0.25, 0.3) is 0 Å². The van der Waals surface area contributed by atoms with E-state index in [2.05, 4.69) is 11.4 Å². The molecule has 28 heavy (non-hydrogen) atoms. The largest absolute Gasteiger partial charge is 0.376 e. The highest BCUT2D eigenvalue weighted by atomic mass is 32.2. The molecule has 3 heterocycles. The first-order valence-corrected chi connectivity index (χ1v) is 11.5. The van der Waals surface area contributed by atoms with Gasteiger partial charge in [0.15, 0.2) is 9.84 Å². The van der Waals surface area contributed by atoms with Crippen molar-refractivity contribution < 1.29 is 17.9 Å². The van der Waals surface area contributed by atoms with Crippen LogP contribution in [0, 0.1) is 25.2 Å². The van der Waals surface area contributed by atoms with Gasteiger partial charge < -0.3 is 14.6 Å². The lowest BCUT2D eigenvalue weighted by Gasteiger charge is -2.23. The normalized spacial score (nSPS) is 23.8. The average molecular weight is 409 g/mol. The Bertz CT molecular complexity index is 894. The van der Waals surface area contributed by atoms with E-state index in [1.165, 1.54) is 0 Å². The van der Waals surface area contributed by atoms with Gasteiger partial charge in [0.1, 0.15) is 11.9 Å². The van der Waals surface area contributed by atoms with E-state index >= 15 is 0 Å². The van der Waals surface area contributed by atoms with E-state index in [1.54, 1.807) is 11.9 Å². The molecule has 3 rings (SSSR count). The first-order valence-electron chi connectivity index (χ1n) is 9.63. The Hall–Kier alpha value is -1.89. The number of rotatable bonds is 6. The lowest BCUT2D eigenvalue weighted by atomic mass is 10.2. The monoisotopic (exact) mass is 408 g/mol. The van der Waals surface area contributed by atoms with Crippen molar-refractivity contribution in [1.82, 2.24) is 9.47 Å². The summed E-state index contributed by atoms with van der Waals surface area (Å²) in [5.74, 6) is 0.512. The molecule has 0 saturated carbocycles. The molecule has 154 valence electrons. The van der Waals surface area contributed by atoms with Crippen molar-refractivity contribution in [1.29, 1.82) is 5.26 Å². The zero-order valence-electron chi connectivity index (χ0n) is 16.7. The lowest BCUT2D eigenvalue weighted by Crippen LogP contribution is -2.39. The van der Waals surface area contributed by atoms with E-state index in [4.69, 9.17) is 4.74 Å². The van der Waals surface area contributed by atoms with Gasteiger partial charge in [0.2, 0.25) is 5.91 Å². The highest BCUT2D eigenvalue weighted by Crippen LogP contribution is 2.28. The Labute approximate surface area is 166 Å². The summed E-state index contributed by atoms with van der Waals surface area (Å²) in [6.07, 6.45) is 2.61. The van der Waals surface area contributed by atoms with Crippen LogP contribution in [0.4, 0.5) is 5.82 Å². The predicted molar refractivity (Wildman–Crippen MR) is 106 cm³/mol. The molecule has 1 aromatic rings. The number of hydrogen-bond donors (Lipinski definition) is 1. The molecule has 0 spiro atoms. The molecule has 0 aromatic carbocycles. The number of carbonyl (C=O) groups is 1. The number of ether oxygens (including phenoxy) is 1. The second-order valence-electron chi connectivity index (χ2n) is 7.81. The quantitative estimate of drug-likeness (QED) is 0.759. The van der Waals surface area contributed by atoms with Crippen molar-refractivity contribution >= 4 is 21.6 Å². The van der Waals surface area contributed by atoms with Gasteiger partial charge in [-0.3, -0.25) is 9.69 Å². The average Bonchev–Trinajstić information content (AvgIpc) is 3.31. The summed E-state index contributed by atoms with van der Waals surface area (Å²) in [5.41, 5.74) is 2.26. The molecule has 0 aliphatic carbocycles. The number of nitrogens with zero attached hydrogens (tertiary/aromatic N) is 3. The van der Waals surface area contributed by atoms with Crippen molar-refractivity contribution in [3.8, 4) is 6.07 Å². The molecular formula is C19H28N4O4S. The van der Waals surface area contributed by atoms with Crippen LogP contribution in [-0.4, -0.2) is 67.6 Å². The van der Waals surface area contributed by atoms with Gasteiger partial charge in [-0.2, -0.15) is 5.26 Å². The number of nitrogens with one attached hydrogen (secondary N) is 1. The third-order valence-electron chi connectivity index (χ3n) is 5.83. The maximum Gasteiger partial charge on any atom is 0.239 e. The molecule has 0 bridgehead atoms. The van der Waals surface area contributed by atoms with Gasteiger partial charge in [0, 0.05) is 18.3 Å². The third kappa shape index (κ3) is 4.40. The van der Waals surface area contributed by atoms with Crippen molar-refractivity contribution in [3.63, 3.8) is 0 Å². The fourth-order valence-corrected chi connectivity index (χ4v) is 5.81. The van der Waals surface area contributed by atoms with Gasteiger partial charge in [-0.05, 0) is 45.7 Å². The van der Waals surface area contributed by atoms with Crippen LogP contribution in [0.3, 0.4) is 0 Å². The molecule has 0 radical (unpaired) electrons. The lowest BCUT2D eigenvalue weighted by molar-refractivity contribution is -0.117. The van der Waals surface area contributed by atoms with Crippen LogP contribution >= 0.6 is 0 Å². The van der Waals surface area contributed by atoms with Crippen LogP contribution in [-0.2, 0) is 25.9 Å². The molecule has 2 aliphatic rings. The minimum absolute atomic E-state index is 0.0776. The van der Waals surface area contributed by atoms with Gasteiger partial charge in [-0.25, -0.2) is 8.42 Å². The second-order valence-corrected chi connectivity index (χ2v) is 10.0. The Balaban J connectivity index is 1.74. The van der Waals surface area contributed by atoms with E-state index in [1.807, 2.05) is 18.4 Å². The van der Waals surface area contributed by atoms with Gasteiger partial charge in [0.25, 0.3) is 0 Å². The fraction of sp³-hybridized carbons (Fsp3) is 0.684. The molecule has 2 aliphatic heterocycles. The molecular weight excluding hydrogens is 380 g/mol. The fourth-order valence-electron chi connectivity index (χ4n) is 4.00. The molecule has 2 atom stereocenters.